The fourth-order valence-corrected chi connectivity index (χ4v) is 1.81. The van der Waals surface area contributed by atoms with Gasteiger partial charge in [0, 0.05) is 12.6 Å². The monoisotopic (exact) mass is 267 g/mol. The number of hydrogen-bond donors (Lipinski definition) is 1. The Hall–Kier alpha value is -1.59. The molecule has 0 aromatic carbocycles. The van der Waals surface area contributed by atoms with Crippen LogP contribution in [0.4, 0.5) is 0 Å². The molecule has 0 radical (unpaired) electrons. The zero-order chi connectivity index (χ0) is 13.1. The Balaban J connectivity index is 2.06. The summed E-state index contributed by atoms with van der Waals surface area (Å²) < 4.78 is 7.20. The van der Waals surface area contributed by atoms with Gasteiger partial charge in [0.1, 0.15) is 17.5 Å². The van der Waals surface area contributed by atoms with E-state index in [4.69, 9.17) is 21.4 Å². The van der Waals surface area contributed by atoms with Gasteiger partial charge in [-0.15, -0.1) is 0 Å². The number of nitrogens with zero attached hydrogens (tertiary/aromatic N) is 3. The highest BCUT2D eigenvalue weighted by atomic mass is 35.5. The molecule has 0 amide bonds. The van der Waals surface area contributed by atoms with Crippen LogP contribution in [0.3, 0.4) is 0 Å². The minimum Gasteiger partial charge on any atom is -0.487 e. The van der Waals surface area contributed by atoms with E-state index in [1.165, 1.54) is 0 Å². The highest BCUT2D eigenvalue weighted by molar-refractivity contribution is 6.30. The van der Waals surface area contributed by atoms with Gasteiger partial charge in [0.15, 0.2) is 0 Å². The molecule has 0 saturated carbocycles. The van der Waals surface area contributed by atoms with Gasteiger partial charge in [-0.05, 0) is 19.1 Å². The molecule has 96 valence electrons. The predicted octanol–water partition coefficient (Wildman–Crippen LogP) is 1.85. The lowest BCUT2D eigenvalue weighted by Crippen LogP contribution is -1.98. The van der Waals surface area contributed by atoms with Crippen LogP contribution < -0.4 is 4.74 Å². The molecule has 2 aromatic rings. The maximum atomic E-state index is 8.88. The van der Waals surface area contributed by atoms with Crippen LogP contribution in [0, 0.1) is 6.92 Å². The Kier molecular flexibility index (Phi) is 3.84. The summed E-state index contributed by atoms with van der Waals surface area (Å²) in [6.45, 7) is 2.16. The van der Waals surface area contributed by atoms with Crippen LogP contribution >= 0.6 is 11.6 Å². The van der Waals surface area contributed by atoms with Crippen LogP contribution in [0.25, 0.3) is 0 Å². The molecule has 18 heavy (non-hydrogen) atoms. The number of ether oxygens (including phenoxy) is 1. The van der Waals surface area contributed by atoms with Crippen LogP contribution in [0.15, 0.2) is 18.3 Å². The molecule has 0 atom stereocenters. The predicted molar refractivity (Wildman–Crippen MR) is 67.4 cm³/mol. The van der Waals surface area contributed by atoms with Crippen LogP contribution in [-0.4, -0.2) is 19.9 Å². The second-order valence-electron chi connectivity index (χ2n) is 3.91. The molecule has 0 aliphatic carbocycles. The summed E-state index contributed by atoms with van der Waals surface area (Å²) in [7, 11) is 1.79. The van der Waals surface area contributed by atoms with E-state index in [1.54, 1.807) is 30.1 Å². The lowest BCUT2D eigenvalue weighted by Gasteiger charge is -2.06. The highest BCUT2D eigenvalue weighted by Gasteiger charge is 2.11. The molecule has 0 bridgehead atoms. The second-order valence-corrected chi connectivity index (χ2v) is 4.27. The van der Waals surface area contributed by atoms with E-state index in [0.717, 1.165) is 11.3 Å². The first kappa shape index (κ1) is 12.9. The average molecular weight is 268 g/mol. The maximum absolute atomic E-state index is 8.88. The van der Waals surface area contributed by atoms with Crippen LogP contribution in [0.5, 0.6) is 5.75 Å². The SMILES string of the molecule is Cc1nn(C)c(Cl)c1COc1ccc(CO)nc1. The molecular formula is C12H14ClN3O2. The van der Waals surface area contributed by atoms with Gasteiger partial charge < -0.3 is 9.84 Å². The quantitative estimate of drug-likeness (QED) is 0.918. The van der Waals surface area contributed by atoms with Crippen LogP contribution in [-0.2, 0) is 20.3 Å². The van der Waals surface area contributed by atoms with E-state index in [-0.39, 0.29) is 6.61 Å². The van der Waals surface area contributed by atoms with Crippen molar-refractivity contribution < 1.29 is 9.84 Å². The normalized spacial score (nSPS) is 10.7. The first-order valence-electron chi connectivity index (χ1n) is 5.48. The van der Waals surface area contributed by atoms with Gasteiger partial charge in [-0.3, -0.25) is 9.67 Å². The molecule has 0 saturated heterocycles. The topological polar surface area (TPSA) is 60.2 Å². The van der Waals surface area contributed by atoms with E-state index in [1.807, 2.05) is 6.92 Å². The van der Waals surface area contributed by atoms with Gasteiger partial charge in [-0.2, -0.15) is 5.10 Å². The molecule has 0 aliphatic heterocycles. The van der Waals surface area contributed by atoms with Crippen molar-refractivity contribution in [2.75, 3.05) is 0 Å². The third-order valence-corrected chi connectivity index (χ3v) is 3.09. The third kappa shape index (κ3) is 2.63. The Morgan fingerprint density at radius 3 is 2.72 bits per heavy atom. The van der Waals surface area contributed by atoms with Crippen molar-refractivity contribution in [2.24, 2.45) is 7.05 Å². The van der Waals surface area contributed by atoms with E-state index < -0.39 is 0 Å². The molecular weight excluding hydrogens is 254 g/mol. The molecule has 0 fully saturated rings. The van der Waals surface area contributed by atoms with E-state index in [9.17, 15) is 0 Å². The summed E-state index contributed by atoms with van der Waals surface area (Å²) in [6, 6.07) is 3.48. The number of halogens is 1. The van der Waals surface area contributed by atoms with Crippen molar-refractivity contribution in [3.05, 3.63) is 40.4 Å². The minimum atomic E-state index is -0.0756. The summed E-state index contributed by atoms with van der Waals surface area (Å²) in [5.41, 5.74) is 2.32. The summed E-state index contributed by atoms with van der Waals surface area (Å²) >= 11 is 6.10. The van der Waals surface area contributed by atoms with Gasteiger partial charge in [0.25, 0.3) is 0 Å². The van der Waals surface area contributed by atoms with Crippen molar-refractivity contribution >= 4 is 11.6 Å². The van der Waals surface area contributed by atoms with Gasteiger partial charge in [-0.1, -0.05) is 11.6 Å². The summed E-state index contributed by atoms with van der Waals surface area (Å²) in [5, 5.41) is 13.7. The Morgan fingerprint density at radius 2 is 2.22 bits per heavy atom. The van der Waals surface area contributed by atoms with E-state index in [2.05, 4.69) is 10.1 Å². The molecule has 0 aliphatic rings. The number of aromatic nitrogens is 3. The summed E-state index contributed by atoms with van der Waals surface area (Å²) in [6.07, 6.45) is 1.57. The second kappa shape index (κ2) is 5.37. The third-order valence-electron chi connectivity index (χ3n) is 2.61. The summed E-state index contributed by atoms with van der Waals surface area (Å²) in [4.78, 5) is 4.03. The molecule has 2 rings (SSSR count). The molecule has 0 unspecified atom stereocenters. The van der Waals surface area contributed by atoms with Gasteiger partial charge in [-0.25, -0.2) is 0 Å². The number of rotatable bonds is 4. The molecule has 5 nitrogen and oxygen atoms in total. The maximum Gasteiger partial charge on any atom is 0.138 e. The Labute approximate surface area is 110 Å². The van der Waals surface area contributed by atoms with E-state index in [0.29, 0.717) is 23.2 Å². The molecule has 6 heteroatoms. The Morgan fingerprint density at radius 1 is 1.44 bits per heavy atom. The summed E-state index contributed by atoms with van der Waals surface area (Å²) in [5.74, 6) is 0.631. The Bertz CT molecular complexity index is 537. The minimum absolute atomic E-state index is 0.0756. The first-order chi connectivity index (χ1) is 8.61. The average Bonchev–Trinajstić information content (AvgIpc) is 2.62. The largest absolute Gasteiger partial charge is 0.487 e. The highest BCUT2D eigenvalue weighted by Crippen LogP contribution is 2.20. The molecule has 2 aromatic heterocycles. The number of hydrogen-bond acceptors (Lipinski definition) is 4. The number of aliphatic hydroxyl groups is 1. The first-order valence-corrected chi connectivity index (χ1v) is 5.86. The van der Waals surface area contributed by atoms with Crippen molar-refractivity contribution in [1.29, 1.82) is 0 Å². The zero-order valence-electron chi connectivity index (χ0n) is 10.2. The van der Waals surface area contributed by atoms with Crippen LogP contribution in [0.2, 0.25) is 5.15 Å². The van der Waals surface area contributed by atoms with E-state index >= 15 is 0 Å². The lowest BCUT2D eigenvalue weighted by atomic mass is 10.3. The number of pyridine rings is 1. The number of aliphatic hydroxyl groups excluding tert-OH is 1. The molecule has 0 spiro atoms. The number of aryl methyl sites for hydroxylation is 2. The standard InChI is InChI=1S/C12H14ClN3O2/c1-8-11(12(13)16(2)15-8)7-18-10-4-3-9(6-17)14-5-10/h3-5,17H,6-7H2,1-2H3. The van der Waals surface area contributed by atoms with Gasteiger partial charge in [0.05, 0.1) is 24.2 Å². The fourth-order valence-electron chi connectivity index (χ4n) is 1.58. The van der Waals surface area contributed by atoms with Crippen molar-refractivity contribution in [3.8, 4) is 5.75 Å². The van der Waals surface area contributed by atoms with Gasteiger partial charge >= 0.3 is 0 Å². The van der Waals surface area contributed by atoms with Crippen molar-refractivity contribution in [1.82, 2.24) is 14.8 Å². The zero-order valence-corrected chi connectivity index (χ0v) is 11.0. The fraction of sp³-hybridized carbons (Fsp3) is 0.333. The smallest absolute Gasteiger partial charge is 0.138 e. The van der Waals surface area contributed by atoms with Crippen molar-refractivity contribution in [2.45, 2.75) is 20.1 Å². The van der Waals surface area contributed by atoms with Crippen LogP contribution in [0.1, 0.15) is 17.0 Å². The van der Waals surface area contributed by atoms with Gasteiger partial charge in [0.2, 0.25) is 0 Å². The molecule has 1 N–H and O–H groups in total. The molecule has 2 heterocycles. The van der Waals surface area contributed by atoms with Crippen molar-refractivity contribution in [3.63, 3.8) is 0 Å². The lowest BCUT2D eigenvalue weighted by molar-refractivity contribution is 0.275.